The third kappa shape index (κ3) is 1.88. The van der Waals surface area contributed by atoms with E-state index in [9.17, 15) is 0 Å². The number of hydrogen-bond acceptors (Lipinski definition) is 4. The third-order valence-electron chi connectivity index (χ3n) is 2.25. The van der Waals surface area contributed by atoms with Crippen molar-refractivity contribution in [3.63, 3.8) is 0 Å². The number of nitrogens with zero attached hydrogens (tertiary/aromatic N) is 1. The van der Waals surface area contributed by atoms with Crippen molar-refractivity contribution >= 4 is 11.3 Å². The molecule has 0 aliphatic rings. The van der Waals surface area contributed by atoms with Gasteiger partial charge in [0.2, 0.25) is 0 Å². The summed E-state index contributed by atoms with van der Waals surface area (Å²) in [5.74, 6) is 1.41. The Morgan fingerprint density at radius 2 is 2.06 bits per heavy atom. The van der Waals surface area contributed by atoms with Gasteiger partial charge in [0.25, 0.3) is 0 Å². The Morgan fingerprint density at radius 3 is 2.62 bits per heavy atom. The molecule has 0 saturated heterocycles. The summed E-state index contributed by atoms with van der Waals surface area (Å²) in [4.78, 5) is 5.58. The highest BCUT2D eigenvalue weighted by Gasteiger charge is 2.14. The van der Waals surface area contributed by atoms with E-state index in [1.807, 2.05) is 30.5 Å². The Morgan fingerprint density at radius 1 is 1.25 bits per heavy atom. The maximum atomic E-state index is 5.37. The molecule has 0 saturated carbocycles. The summed E-state index contributed by atoms with van der Waals surface area (Å²) < 4.78 is 10.7. The van der Waals surface area contributed by atoms with E-state index in [-0.39, 0.29) is 0 Å². The maximum Gasteiger partial charge on any atom is 0.188 e. The number of ether oxygens (including phenoxy) is 2. The molecule has 4 heteroatoms. The molecule has 2 rings (SSSR count). The van der Waals surface area contributed by atoms with Crippen LogP contribution in [0.15, 0.2) is 23.6 Å². The molecular formula is C12H13NO2S. The molecule has 0 aliphatic carbocycles. The summed E-state index contributed by atoms with van der Waals surface area (Å²) in [5, 5.41) is 2.02. The van der Waals surface area contributed by atoms with Crippen molar-refractivity contribution in [2.45, 2.75) is 6.92 Å². The van der Waals surface area contributed by atoms with E-state index in [1.54, 1.807) is 25.6 Å². The van der Waals surface area contributed by atoms with Gasteiger partial charge in [0.1, 0.15) is 5.69 Å². The zero-order valence-corrected chi connectivity index (χ0v) is 10.3. The topological polar surface area (TPSA) is 31.4 Å². The first-order valence-electron chi connectivity index (χ1n) is 4.89. The van der Waals surface area contributed by atoms with Gasteiger partial charge >= 0.3 is 0 Å². The Labute approximate surface area is 98.7 Å². The molecule has 3 nitrogen and oxygen atoms in total. The fourth-order valence-corrected chi connectivity index (χ4v) is 2.27. The van der Waals surface area contributed by atoms with Gasteiger partial charge in [-0.3, -0.25) is 0 Å². The zero-order valence-electron chi connectivity index (χ0n) is 9.48. The molecule has 0 aliphatic heterocycles. The number of hydrogen-bond donors (Lipinski definition) is 0. The van der Waals surface area contributed by atoms with Crippen molar-refractivity contribution in [2.75, 3.05) is 14.2 Å². The minimum atomic E-state index is 0.690. The number of rotatable bonds is 3. The van der Waals surface area contributed by atoms with Crippen LogP contribution in [0.5, 0.6) is 11.5 Å². The molecule has 84 valence electrons. The largest absolute Gasteiger partial charge is 0.493 e. The predicted molar refractivity (Wildman–Crippen MR) is 65.4 cm³/mol. The average molecular weight is 235 g/mol. The van der Waals surface area contributed by atoms with Crippen LogP contribution in [0, 0.1) is 6.92 Å². The zero-order chi connectivity index (χ0) is 11.5. The standard InChI is InChI=1S/C12H13NO2S/c1-8-7-9(14-2)12(15-3)11(13-8)10-5-4-6-16-10/h4-7H,1-3H3. The minimum absolute atomic E-state index is 0.690. The molecule has 0 atom stereocenters. The summed E-state index contributed by atoms with van der Waals surface area (Å²) in [7, 11) is 3.27. The SMILES string of the molecule is COc1cc(C)nc(-c2cccs2)c1OC. The molecule has 0 radical (unpaired) electrons. The van der Waals surface area contributed by atoms with Crippen LogP contribution in [0.2, 0.25) is 0 Å². The molecule has 2 aromatic rings. The van der Waals surface area contributed by atoms with Crippen molar-refractivity contribution < 1.29 is 9.47 Å². The van der Waals surface area contributed by atoms with Crippen LogP contribution in [-0.2, 0) is 0 Å². The van der Waals surface area contributed by atoms with E-state index >= 15 is 0 Å². The smallest absolute Gasteiger partial charge is 0.188 e. The highest BCUT2D eigenvalue weighted by molar-refractivity contribution is 7.13. The van der Waals surface area contributed by atoms with Gasteiger partial charge in [0, 0.05) is 11.8 Å². The van der Waals surface area contributed by atoms with Crippen LogP contribution in [-0.4, -0.2) is 19.2 Å². The summed E-state index contributed by atoms with van der Waals surface area (Å²) in [5.41, 5.74) is 1.76. The molecule has 0 spiro atoms. The molecule has 0 amide bonds. The van der Waals surface area contributed by atoms with E-state index < -0.39 is 0 Å². The normalized spacial score (nSPS) is 10.2. The van der Waals surface area contributed by atoms with Crippen LogP contribution in [0.3, 0.4) is 0 Å². The summed E-state index contributed by atoms with van der Waals surface area (Å²) in [6.07, 6.45) is 0. The molecule has 0 fully saturated rings. The molecule has 0 bridgehead atoms. The van der Waals surface area contributed by atoms with Gasteiger partial charge in [-0.2, -0.15) is 0 Å². The van der Waals surface area contributed by atoms with Gasteiger partial charge in [-0.15, -0.1) is 11.3 Å². The van der Waals surface area contributed by atoms with Gasteiger partial charge < -0.3 is 9.47 Å². The van der Waals surface area contributed by atoms with Crippen LogP contribution < -0.4 is 9.47 Å². The fourth-order valence-electron chi connectivity index (χ4n) is 1.56. The first-order valence-corrected chi connectivity index (χ1v) is 5.77. The molecule has 2 aromatic heterocycles. The molecule has 16 heavy (non-hydrogen) atoms. The summed E-state index contributed by atoms with van der Waals surface area (Å²) in [6, 6.07) is 5.89. The molecule has 0 N–H and O–H groups in total. The first-order chi connectivity index (χ1) is 7.76. The fraction of sp³-hybridized carbons (Fsp3) is 0.250. The quantitative estimate of drug-likeness (QED) is 0.819. The lowest BCUT2D eigenvalue weighted by Crippen LogP contribution is -1.96. The second-order valence-corrected chi connectivity index (χ2v) is 4.27. The molecular weight excluding hydrogens is 222 g/mol. The van der Waals surface area contributed by atoms with Gasteiger partial charge in [-0.1, -0.05) is 6.07 Å². The highest BCUT2D eigenvalue weighted by Crippen LogP contribution is 2.38. The molecule has 2 heterocycles. The Hall–Kier alpha value is -1.55. The number of methoxy groups -OCH3 is 2. The molecule has 0 unspecified atom stereocenters. The van der Waals surface area contributed by atoms with E-state index in [4.69, 9.17) is 9.47 Å². The average Bonchev–Trinajstić information content (AvgIpc) is 2.81. The van der Waals surface area contributed by atoms with Crippen molar-refractivity contribution in [1.82, 2.24) is 4.98 Å². The minimum Gasteiger partial charge on any atom is -0.493 e. The Balaban J connectivity index is 2.63. The second-order valence-electron chi connectivity index (χ2n) is 3.33. The number of aryl methyl sites for hydroxylation is 1. The maximum absolute atomic E-state index is 5.37. The Kier molecular flexibility index (Phi) is 3.10. The highest BCUT2D eigenvalue weighted by atomic mass is 32.1. The van der Waals surface area contributed by atoms with Crippen LogP contribution in [0.1, 0.15) is 5.69 Å². The van der Waals surface area contributed by atoms with Gasteiger partial charge in [-0.05, 0) is 18.4 Å². The van der Waals surface area contributed by atoms with E-state index in [0.29, 0.717) is 5.75 Å². The number of thiophene rings is 1. The van der Waals surface area contributed by atoms with Gasteiger partial charge in [0.05, 0.1) is 19.1 Å². The third-order valence-corrected chi connectivity index (χ3v) is 3.12. The summed E-state index contributed by atoms with van der Waals surface area (Å²) >= 11 is 1.64. The van der Waals surface area contributed by atoms with Crippen LogP contribution in [0.4, 0.5) is 0 Å². The lowest BCUT2D eigenvalue weighted by Gasteiger charge is -2.11. The number of pyridine rings is 1. The van der Waals surface area contributed by atoms with E-state index in [1.165, 1.54) is 0 Å². The lowest BCUT2D eigenvalue weighted by molar-refractivity contribution is 0.354. The van der Waals surface area contributed by atoms with Crippen molar-refractivity contribution in [3.05, 3.63) is 29.3 Å². The van der Waals surface area contributed by atoms with Crippen molar-refractivity contribution in [3.8, 4) is 22.1 Å². The first kappa shape index (κ1) is 11.0. The van der Waals surface area contributed by atoms with Gasteiger partial charge in [0.15, 0.2) is 11.5 Å². The summed E-state index contributed by atoms with van der Waals surface area (Å²) in [6.45, 7) is 1.94. The molecule has 0 aromatic carbocycles. The van der Waals surface area contributed by atoms with Crippen molar-refractivity contribution in [1.29, 1.82) is 0 Å². The van der Waals surface area contributed by atoms with E-state index in [0.717, 1.165) is 22.0 Å². The predicted octanol–water partition coefficient (Wildman–Crippen LogP) is 3.14. The van der Waals surface area contributed by atoms with Crippen LogP contribution >= 0.6 is 11.3 Å². The van der Waals surface area contributed by atoms with Crippen molar-refractivity contribution in [2.24, 2.45) is 0 Å². The van der Waals surface area contributed by atoms with Crippen LogP contribution in [0.25, 0.3) is 10.6 Å². The monoisotopic (exact) mass is 235 g/mol. The van der Waals surface area contributed by atoms with E-state index in [2.05, 4.69) is 4.98 Å². The lowest BCUT2D eigenvalue weighted by atomic mass is 10.2. The Bertz CT molecular complexity index is 480. The second kappa shape index (κ2) is 4.53. The number of aromatic nitrogens is 1. The van der Waals surface area contributed by atoms with Gasteiger partial charge in [-0.25, -0.2) is 4.98 Å².